The molecule has 0 aromatic carbocycles. The molecule has 318 valence electrons. The fraction of sp³-hybridized carbons (Fsp3) is 0.698. The highest BCUT2D eigenvalue weighted by Crippen LogP contribution is 2.43. The van der Waals surface area contributed by atoms with E-state index in [0.29, 0.717) is 32.3 Å². The van der Waals surface area contributed by atoms with Crippen molar-refractivity contribution in [1.82, 2.24) is 0 Å². The maximum Gasteiger partial charge on any atom is 0.472 e. The predicted octanol–water partition coefficient (Wildman–Crippen LogP) is 8.88. The van der Waals surface area contributed by atoms with Crippen LogP contribution in [0.4, 0.5) is 0 Å². The number of rotatable bonds is 38. The topological polar surface area (TPSA) is 178 Å². The van der Waals surface area contributed by atoms with Crippen molar-refractivity contribution in [2.75, 3.05) is 33.0 Å². The fourth-order valence-corrected chi connectivity index (χ4v) is 5.94. The van der Waals surface area contributed by atoms with Gasteiger partial charge in [0.05, 0.1) is 38.1 Å². The molecule has 0 aliphatic rings. The highest BCUT2D eigenvalue weighted by atomic mass is 31.2. The van der Waals surface area contributed by atoms with Crippen molar-refractivity contribution < 1.29 is 48.1 Å². The Morgan fingerprint density at radius 2 is 1.24 bits per heavy atom. The average molecular weight is 798 g/mol. The summed E-state index contributed by atoms with van der Waals surface area (Å²) in [6.45, 7) is 4.15. The first-order valence-corrected chi connectivity index (χ1v) is 22.3. The van der Waals surface area contributed by atoms with Gasteiger partial charge in [0.15, 0.2) is 0 Å². The van der Waals surface area contributed by atoms with Crippen molar-refractivity contribution in [2.24, 2.45) is 5.73 Å². The van der Waals surface area contributed by atoms with Crippen LogP contribution in [0.1, 0.15) is 136 Å². The lowest BCUT2D eigenvalue weighted by Crippen LogP contribution is -2.28. The van der Waals surface area contributed by atoms with Crippen LogP contribution in [0.5, 0.6) is 0 Å². The number of phosphoric ester groups is 1. The van der Waals surface area contributed by atoms with Gasteiger partial charge in [-0.15, -0.1) is 0 Å². The molecular formula is C43H76NO10P. The van der Waals surface area contributed by atoms with Gasteiger partial charge in [-0.3, -0.25) is 13.8 Å². The van der Waals surface area contributed by atoms with Crippen LogP contribution in [0.15, 0.2) is 72.9 Å². The largest absolute Gasteiger partial charge is 0.472 e. The molecule has 6 N–H and O–H groups in total. The summed E-state index contributed by atoms with van der Waals surface area (Å²) in [4.78, 5) is 22.5. The molecule has 0 aliphatic carbocycles. The summed E-state index contributed by atoms with van der Waals surface area (Å²) in [5.41, 5.74) is 5.34. The zero-order chi connectivity index (χ0) is 40.7. The van der Waals surface area contributed by atoms with Gasteiger partial charge < -0.3 is 35.4 Å². The van der Waals surface area contributed by atoms with Crippen molar-refractivity contribution >= 4 is 13.8 Å². The molecule has 0 amide bonds. The minimum atomic E-state index is -4.36. The number of hydrogen-bond acceptors (Lipinski definition) is 10. The number of phosphoric acid groups is 1. The third kappa shape index (κ3) is 38.5. The molecule has 0 rings (SSSR count). The third-order valence-electron chi connectivity index (χ3n) is 8.46. The van der Waals surface area contributed by atoms with Crippen LogP contribution in [0.2, 0.25) is 0 Å². The molecule has 12 heteroatoms. The van der Waals surface area contributed by atoms with E-state index in [-0.39, 0.29) is 32.8 Å². The summed E-state index contributed by atoms with van der Waals surface area (Å²) in [7, 11) is -4.36. The first-order valence-electron chi connectivity index (χ1n) is 20.8. The zero-order valence-electron chi connectivity index (χ0n) is 34.0. The van der Waals surface area contributed by atoms with Crippen molar-refractivity contribution in [2.45, 2.75) is 160 Å². The van der Waals surface area contributed by atoms with Crippen molar-refractivity contribution in [3.05, 3.63) is 72.9 Å². The predicted molar refractivity (Wildman–Crippen MR) is 223 cm³/mol. The number of ether oxygens (including phenoxy) is 2. The molecule has 0 aromatic heterocycles. The summed E-state index contributed by atoms with van der Waals surface area (Å²) in [5.74, 6) is -0.533. The van der Waals surface area contributed by atoms with Gasteiger partial charge in [0.25, 0.3) is 0 Å². The Labute approximate surface area is 333 Å². The number of aliphatic hydroxyl groups excluding tert-OH is 3. The van der Waals surface area contributed by atoms with E-state index in [4.69, 9.17) is 24.3 Å². The number of allylic oxidation sites excluding steroid dienone is 8. The molecule has 0 bridgehead atoms. The van der Waals surface area contributed by atoms with E-state index in [2.05, 4.69) is 19.1 Å². The summed E-state index contributed by atoms with van der Waals surface area (Å²) in [6.07, 6.45) is 37.9. The molecule has 0 spiro atoms. The highest BCUT2D eigenvalue weighted by molar-refractivity contribution is 7.47. The van der Waals surface area contributed by atoms with E-state index in [9.17, 15) is 29.6 Å². The molecule has 0 fully saturated rings. The maximum atomic E-state index is 12.6. The minimum absolute atomic E-state index is 0.00890. The summed E-state index contributed by atoms with van der Waals surface area (Å²) < 4.78 is 33.2. The number of nitrogens with two attached hydrogens (primary N) is 1. The van der Waals surface area contributed by atoms with Gasteiger partial charge in [-0.2, -0.15) is 0 Å². The molecule has 5 unspecified atom stereocenters. The molecule has 0 saturated carbocycles. The Bertz CT molecular complexity index is 1120. The molecular weight excluding hydrogens is 721 g/mol. The normalized spacial score (nSPS) is 16.0. The van der Waals surface area contributed by atoms with E-state index in [0.717, 1.165) is 25.7 Å². The van der Waals surface area contributed by atoms with Crippen LogP contribution in [-0.4, -0.2) is 83.6 Å². The van der Waals surface area contributed by atoms with Gasteiger partial charge in [0, 0.05) is 19.6 Å². The van der Waals surface area contributed by atoms with Crippen LogP contribution in [0, 0.1) is 0 Å². The zero-order valence-corrected chi connectivity index (χ0v) is 34.9. The monoisotopic (exact) mass is 798 g/mol. The van der Waals surface area contributed by atoms with E-state index < -0.39 is 38.2 Å². The number of unbranched alkanes of at least 4 members (excludes halogenated alkanes) is 12. The van der Waals surface area contributed by atoms with Crippen LogP contribution >= 0.6 is 7.82 Å². The molecule has 0 radical (unpaired) electrons. The van der Waals surface area contributed by atoms with Gasteiger partial charge in [-0.05, 0) is 57.8 Å². The number of hydrogen-bond donors (Lipinski definition) is 5. The Hall–Kier alpha value is -2.18. The van der Waals surface area contributed by atoms with Crippen LogP contribution in [0.3, 0.4) is 0 Å². The molecule has 11 nitrogen and oxygen atoms in total. The van der Waals surface area contributed by atoms with Crippen molar-refractivity contribution in [3.8, 4) is 0 Å². The van der Waals surface area contributed by atoms with E-state index in [1.165, 1.54) is 64.2 Å². The summed E-state index contributed by atoms with van der Waals surface area (Å²) >= 11 is 0. The number of carbonyl (C=O) groups excluding carboxylic acids is 1. The van der Waals surface area contributed by atoms with E-state index in [1.54, 1.807) is 54.7 Å². The number of aliphatic hydroxyl groups is 3. The minimum Gasteiger partial charge on any atom is -0.457 e. The van der Waals surface area contributed by atoms with Gasteiger partial charge in [0.1, 0.15) is 6.10 Å². The van der Waals surface area contributed by atoms with E-state index in [1.807, 2.05) is 13.0 Å². The standard InChI is InChI=1S/C43H76NO10P/c1-3-5-6-7-8-9-10-11-12-13-14-15-16-17-20-26-35-51-37-42(38-53-55(49,50)52-36-34-44)54-43(48)33-27-32-41(47)30-23-19-18-22-29-40(46)31-25-21-24-28-39(45)4-2/h11-12,18-19,21-25,28-30,39-42,45-47H,3-10,13-17,20,26-27,31-38,44H2,1-2H3,(H,49,50)/b12-11-,19-18-,25-21-,28-24+,29-22+,30-23+. The summed E-state index contributed by atoms with van der Waals surface area (Å²) in [6, 6.07) is 0. The van der Waals surface area contributed by atoms with E-state index >= 15 is 0 Å². The lowest BCUT2D eigenvalue weighted by Gasteiger charge is -2.20. The SMILES string of the molecule is CCCCCCCC/C=C\CCCCCCCCOCC(COP(=O)(O)OCCN)OC(=O)CCCC(O)/C=C/C=C\C=C\C(O)C/C=C\C=C\C(O)CC. The molecule has 0 saturated heterocycles. The second-order valence-corrected chi connectivity index (χ2v) is 15.2. The second kappa shape index (κ2) is 38.7. The highest BCUT2D eigenvalue weighted by Gasteiger charge is 2.25. The molecule has 0 aliphatic heterocycles. The Morgan fingerprint density at radius 3 is 1.87 bits per heavy atom. The quantitative estimate of drug-likeness (QED) is 0.0133. The lowest BCUT2D eigenvalue weighted by molar-refractivity contribution is -0.154. The van der Waals surface area contributed by atoms with Crippen molar-refractivity contribution in [1.29, 1.82) is 0 Å². The first-order chi connectivity index (χ1) is 26.6. The van der Waals surface area contributed by atoms with Crippen LogP contribution in [0.25, 0.3) is 0 Å². The average Bonchev–Trinajstić information content (AvgIpc) is 3.16. The molecule has 0 aromatic rings. The number of esters is 1. The Kier molecular flexibility index (Phi) is 37.1. The lowest BCUT2D eigenvalue weighted by atomic mass is 10.1. The second-order valence-electron chi connectivity index (χ2n) is 13.7. The fourth-order valence-electron chi connectivity index (χ4n) is 5.18. The first kappa shape index (κ1) is 52.8. The molecule has 0 heterocycles. The van der Waals surface area contributed by atoms with Gasteiger partial charge in [0.2, 0.25) is 0 Å². The van der Waals surface area contributed by atoms with Crippen molar-refractivity contribution in [3.63, 3.8) is 0 Å². The Balaban J connectivity index is 4.39. The van der Waals surface area contributed by atoms with Crippen LogP contribution < -0.4 is 5.73 Å². The van der Waals surface area contributed by atoms with Gasteiger partial charge >= 0.3 is 13.8 Å². The molecule has 55 heavy (non-hydrogen) atoms. The van der Waals surface area contributed by atoms with Gasteiger partial charge in [-0.25, -0.2) is 4.57 Å². The smallest absolute Gasteiger partial charge is 0.457 e. The molecule has 5 atom stereocenters. The summed E-state index contributed by atoms with van der Waals surface area (Å²) in [5, 5.41) is 29.7. The number of carbonyl (C=O) groups is 1. The maximum absolute atomic E-state index is 12.6. The van der Waals surface area contributed by atoms with Gasteiger partial charge in [-0.1, -0.05) is 145 Å². The van der Waals surface area contributed by atoms with Crippen LogP contribution in [-0.2, 0) is 27.9 Å². The Morgan fingerprint density at radius 1 is 0.655 bits per heavy atom. The third-order valence-corrected chi connectivity index (χ3v) is 9.44.